The molecule has 1 nitrogen and oxygen atoms in total. The molecule has 0 heterocycles. The van der Waals surface area contributed by atoms with Crippen LogP contribution in [0.1, 0.15) is 90.9 Å². The smallest absolute Gasteiger partial charge is 0.00489 e. The Hall–Kier alpha value is -0.560. The third kappa shape index (κ3) is 19.4. The van der Waals surface area contributed by atoms with E-state index in [2.05, 4.69) is 43.5 Å². The average molecular weight is 294 g/mol. The van der Waals surface area contributed by atoms with E-state index in [9.17, 15) is 0 Å². The molecule has 0 bridgehead atoms. The normalized spacial score (nSPS) is 11.9. The SMILES string of the molecule is CC/C=C/CCCCCCNCCCCCC/C=C/CC. The third-order valence-corrected chi connectivity index (χ3v) is 3.75. The predicted molar refractivity (Wildman–Crippen MR) is 97.9 cm³/mol. The molecule has 0 aromatic rings. The minimum Gasteiger partial charge on any atom is -0.317 e. The molecule has 0 unspecified atom stereocenters. The molecule has 0 aromatic carbocycles. The maximum Gasteiger partial charge on any atom is -0.00489 e. The van der Waals surface area contributed by atoms with Crippen molar-refractivity contribution in [2.75, 3.05) is 13.1 Å². The molecule has 0 radical (unpaired) electrons. The van der Waals surface area contributed by atoms with Gasteiger partial charge < -0.3 is 5.32 Å². The molecule has 0 rings (SSSR count). The van der Waals surface area contributed by atoms with Gasteiger partial charge >= 0.3 is 0 Å². The molecule has 0 aromatic heterocycles. The number of hydrogen-bond donors (Lipinski definition) is 1. The second kappa shape index (κ2) is 19.4. The first kappa shape index (κ1) is 20.4. The molecule has 0 aliphatic heterocycles. The molecule has 1 N–H and O–H groups in total. The molecule has 0 atom stereocenters. The third-order valence-electron chi connectivity index (χ3n) is 3.75. The minimum atomic E-state index is 1.18. The first-order valence-electron chi connectivity index (χ1n) is 9.42. The van der Waals surface area contributed by atoms with Crippen LogP contribution in [0, 0.1) is 0 Å². The van der Waals surface area contributed by atoms with Crippen LogP contribution < -0.4 is 5.32 Å². The molecular formula is C20H39N. The molecule has 0 saturated heterocycles. The van der Waals surface area contributed by atoms with E-state index in [1.54, 1.807) is 0 Å². The van der Waals surface area contributed by atoms with Crippen molar-refractivity contribution in [3.8, 4) is 0 Å². The first-order valence-corrected chi connectivity index (χ1v) is 9.42. The Bertz CT molecular complexity index is 206. The van der Waals surface area contributed by atoms with Crippen molar-refractivity contribution in [2.24, 2.45) is 0 Å². The van der Waals surface area contributed by atoms with Crippen molar-refractivity contribution in [2.45, 2.75) is 90.9 Å². The number of rotatable bonds is 16. The molecule has 0 saturated carbocycles. The molecule has 0 spiro atoms. The second-order valence-electron chi connectivity index (χ2n) is 5.92. The standard InChI is InChI=1S/C20H39N/c1-3-5-7-9-11-13-15-17-19-21-20-18-16-14-12-10-8-6-4-2/h5-8,21H,3-4,9-20H2,1-2H3/b7-5+,8-6+. The largest absolute Gasteiger partial charge is 0.317 e. The van der Waals surface area contributed by atoms with E-state index in [0.29, 0.717) is 0 Å². The Kier molecular flexibility index (Phi) is 18.9. The van der Waals surface area contributed by atoms with Crippen LogP contribution in [0.3, 0.4) is 0 Å². The maximum atomic E-state index is 3.58. The van der Waals surface area contributed by atoms with Crippen LogP contribution in [0.25, 0.3) is 0 Å². The Balaban J connectivity index is 2.99. The summed E-state index contributed by atoms with van der Waals surface area (Å²) in [7, 11) is 0. The lowest BCUT2D eigenvalue weighted by molar-refractivity contribution is 0.557. The van der Waals surface area contributed by atoms with Gasteiger partial charge in [0.05, 0.1) is 0 Å². The maximum absolute atomic E-state index is 3.58. The van der Waals surface area contributed by atoms with E-state index in [4.69, 9.17) is 0 Å². The number of unbranched alkanes of at least 4 members (excludes halogenated alkanes) is 8. The molecule has 124 valence electrons. The van der Waals surface area contributed by atoms with Crippen molar-refractivity contribution < 1.29 is 0 Å². The van der Waals surface area contributed by atoms with Gasteiger partial charge in [0.1, 0.15) is 0 Å². The fraction of sp³-hybridized carbons (Fsp3) is 0.800. The molecule has 21 heavy (non-hydrogen) atoms. The summed E-state index contributed by atoms with van der Waals surface area (Å²) in [6, 6.07) is 0. The highest BCUT2D eigenvalue weighted by molar-refractivity contribution is 4.80. The summed E-state index contributed by atoms with van der Waals surface area (Å²) >= 11 is 0. The first-order chi connectivity index (χ1) is 10.4. The van der Waals surface area contributed by atoms with Crippen LogP contribution in [0.15, 0.2) is 24.3 Å². The van der Waals surface area contributed by atoms with Crippen molar-refractivity contribution in [3.63, 3.8) is 0 Å². The molecule has 0 aliphatic rings. The van der Waals surface area contributed by atoms with Crippen LogP contribution in [0.5, 0.6) is 0 Å². The number of nitrogens with one attached hydrogen (secondary N) is 1. The van der Waals surface area contributed by atoms with Crippen molar-refractivity contribution in [1.29, 1.82) is 0 Å². The molecule has 0 amide bonds. The minimum absolute atomic E-state index is 1.18. The summed E-state index contributed by atoms with van der Waals surface area (Å²) in [5, 5.41) is 3.58. The van der Waals surface area contributed by atoms with Gasteiger partial charge in [0.25, 0.3) is 0 Å². The van der Waals surface area contributed by atoms with E-state index >= 15 is 0 Å². The molecule has 0 aliphatic carbocycles. The van der Waals surface area contributed by atoms with Crippen LogP contribution in [0.4, 0.5) is 0 Å². The van der Waals surface area contributed by atoms with E-state index in [-0.39, 0.29) is 0 Å². The summed E-state index contributed by atoms with van der Waals surface area (Å²) < 4.78 is 0. The quantitative estimate of drug-likeness (QED) is 0.256. The van der Waals surface area contributed by atoms with Gasteiger partial charge in [-0.05, 0) is 64.5 Å². The van der Waals surface area contributed by atoms with Crippen LogP contribution in [-0.4, -0.2) is 13.1 Å². The van der Waals surface area contributed by atoms with E-state index in [1.807, 2.05) is 0 Å². The summed E-state index contributed by atoms with van der Waals surface area (Å²) in [4.78, 5) is 0. The summed E-state index contributed by atoms with van der Waals surface area (Å²) in [5.41, 5.74) is 0. The Morgan fingerprint density at radius 2 is 0.952 bits per heavy atom. The van der Waals surface area contributed by atoms with Gasteiger partial charge in [-0.1, -0.05) is 63.8 Å². The Morgan fingerprint density at radius 1 is 0.524 bits per heavy atom. The Morgan fingerprint density at radius 3 is 1.38 bits per heavy atom. The fourth-order valence-corrected chi connectivity index (χ4v) is 2.43. The lowest BCUT2D eigenvalue weighted by Gasteiger charge is -2.04. The van der Waals surface area contributed by atoms with Crippen LogP contribution in [-0.2, 0) is 0 Å². The van der Waals surface area contributed by atoms with E-state index < -0.39 is 0 Å². The zero-order chi connectivity index (χ0) is 15.4. The Labute approximate surface area is 134 Å². The molecular weight excluding hydrogens is 254 g/mol. The highest BCUT2D eigenvalue weighted by atomic mass is 14.8. The van der Waals surface area contributed by atoms with E-state index in [1.165, 1.54) is 90.1 Å². The van der Waals surface area contributed by atoms with Crippen molar-refractivity contribution in [1.82, 2.24) is 5.32 Å². The van der Waals surface area contributed by atoms with Crippen molar-refractivity contribution >= 4 is 0 Å². The van der Waals surface area contributed by atoms with Crippen LogP contribution >= 0.6 is 0 Å². The van der Waals surface area contributed by atoms with E-state index in [0.717, 1.165) is 0 Å². The van der Waals surface area contributed by atoms with Gasteiger partial charge in [-0.15, -0.1) is 0 Å². The lowest BCUT2D eigenvalue weighted by atomic mass is 10.1. The summed E-state index contributed by atoms with van der Waals surface area (Å²) in [6.07, 6.45) is 25.1. The van der Waals surface area contributed by atoms with Gasteiger partial charge in [-0.2, -0.15) is 0 Å². The topological polar surface area (TPSA) is 12.0 Å². The zero-order valence-electron chi connectivity index (χ0n) is 14.7. The second-order valence-corrected chi connectivity index (χ2v) is 5.92. The van der Waals surface area contributed by atoms with Crippen molar-refractivity contribution in [3.05, 3.63) is 24.3 Å². The number of hydrogen-bond acceptors (Lipinski definition) is 1. The van der Waals surface area contributed by atoms with Gasteiger partial charge in [0, 0.05) is 0 Å². The predicted octanol–water partition coefficient (Wildman–Crippen LogP) is 6.41. The van der Waals surface area contributed by atoms with Crippen LogP contribution in [0.2, 0.25) is 0 Å². The average Bonchev–Trinajstić information content (AvgIpc) is 2.50. The van der Waals surface area contributed by atoms with Gasteiger partial charge in [0.2, 0.25) is 0 Å². The molecule has 0 fully saturated rings. The zero-order valence-corrected chi connectivity index (χ0v) is 14.7. The highest BCUT2D eigenvalue weighted by Crippen LogP contribution is 2.05. The summed E-state index contributed by atoms with van der Waals surface area (Å²) in [5.74, 6) is 0. The monoisotopic (exact) mass is 293 g/mol. The molecule has 1 heteroatoms. The van der Waals surface area contributed by atoms with Gasteiger partial charge in [-0.25, -0.2) is 0 Å². The van der Waals surface area contributed by atoms with Gasteiger partial charge in [-0.3, -0.25) is 0 Å². The fourth-order valence-electron chi connectivity index (χ4n) is 2.43. The lowest BCUT2D eigenvalue weighted by Crippen LogP contribution is -2.16. The highest BCUT2D eigenvalue weighted by Gasteiger charge is 1.91. The summed E-state index contributed by atoms with van der Waals surface area (Å²) in [6.45, 7) is 6.82. The van der Waals surface area contributed by atoms with Gasteiger partial charge in [0.15, 0.2) is 0 Å². The number of allylic oxidation sites excluding steroid dienone is 4.